The lowest BCUT2D eigenvalue weighted by Crippen LogP contribution is -2.42. The highest BCUT2D eigenvalue weighted by atomic mass is 35.5. The van der Waals surface area contributed by atoms with Gasteiger partial charge in [-0.1, -0.05) is 12.1 Å². The second-order valence-corrected chi connectivity index (χ2v) is 10.0. The minimum atomic E-state index is -4.61. The van der Waals surface area contributed by atoms with Gasteiger partial charge >= 0.3 is 6.18 Å². The maximum atomic E-state index is 14.0. The van der Waals surface area contributed by atoms with Crippen molar-refractivity contribution >= 4 is 35.6 Å². The number of rotatable bonds is 7. The number of hydrogen-bond acceptors (Lipinski definition) is 8. The third-order valence-electron chi connectivity index (χ3n) is 6.87. The van der Waals surface area contributed by atoms with Crippen molar-refractivity contribution in [2.75, 3.05) is 23.7 Å². The normalized spacial score (nSPS) is 15.5. The van der Waals surface area contributed by atoms with Crippen molar-refractivity contribution in [1.29, 1.82) is 0 Å². The van der Waals surface area contributed by atoms with E-state index in [4.69, 9.17) is 5.73 Å². The van der Waals surface area contributed by atoms with Crippen molar-refractivity contribution in [2.45, 2.75) is 38.5 Å². The molecule has 9 nitrogen and oxygen atoms in total. The van der Waals surface area contributed by atoms with E-state index < -0.39 is 17.6 Å². The van der Waals surface area contributed by atoms with Crippen LogP contribution < -0.4 is 16.4 Å². The Balaban J connectivity index is 0.00000405. The Kier molecular flexibility index (Phi) is 9.71. The van der Waals surface area contributed by atoms with Crippen LogP contribution in [0.4, 0.5) is 30.5 Å². The molecule has 2 aromatic heterocycles. The minimum Gasteiger partial charge on any atom is -0.327 e. The van der Waals surface area contributed by atoms with E-state index in [2.05, 4.69) is 30.6 Å². The van der Waals surface area contributed by atoms with Gasteiger partial charge in [0.2, 0.25) is 5.95 Å². The largest absolute Gasteiger partial charge is 0.416 e. The molecule has 3 heterocycles. The number of benzene rings is 2. The molecule has 42 heavy (non-hydrogen) atoms. The molecule has 0 spiro atoms. The summed E-state index contributed by atoms with van der Waals surface area (Å²) < 4.78 is 42.0. The molecule has 1 aliphatic rings. The molecule has 0 aliphatic carbocycles. The van der Waals surface area contributed by atoms with Crippen molar-refractivity contribution < 1.29 is 18.0 Å². The average Bonchev–Trinajstić information content (AvgIpc) is 2.95. The van der Waals surface area contributed by atoms with Gasteiger partial charge < -0.3 is 16.4 Å². The van der Waals surface area contributed by atoms with E-state index in [0.717, 1.165) is 30.0 Å². The lowest BCUT2D eigenvalue weighted by atomic mass is 10.0. The summed E-state index contributed by atoms with van der Waals surface area (Å²) in [5.74, 6) is -0.336. The van der Waals surface area contributed by atoms with E-state index in [-0.39, 0.29) is 36.1 Å². The number of halogens is 4. The number of carbonyl (C=O) groups excluding carboxylic acids is 1. The van der Waals surface area contributed by atoms with Crippen LogP contribution in [0.1, 0.15) is 39.9 Å². The summed E-state index contributed by atoms with van der Waals surface area (Å²) in [5, 5.41) is 5.84. The van der Waals surface area contributed by atoms with Gasteiger partial charge in [-0.2, -0.15) is 13.2 Å². The highest BCUT2D eigenvalue weighted by Crippen LogP contribution is 2.34. The Bertz CT molecular complexity index is 1540. The number of aromatic nitrogens is 4. The Hall–Kier alpha value is -4.13. The number of piperidine rings is 1. The fraction of sp³-hybridized carbons (Fsp3) is 0.276. The maximum absolute atomic E-state index is 14.0. The Morgan fingerprint density at radius 2 is 1.90 bits per heavy atom. The number of nitrogens with one attached hydrogen (secondary N) is 2. The number of nitrogens with zero attached hydrogens (tertiary/aromatic N) is 5. The third-order valence-corrected chi connectivity index (χ3v) is 6.87. The van der Waals surface area contributed by atoms with Crippen LogP contribution in [0.2, 0.25) is 0 Å². The number of amides is 1. The van der Waals surface area contributed by atoms with Gasteiger partial charge in [0.25, 0.3) is 5.91 Å². The molecule has 5 rings (SSSR count). The zero-order valence-electron chi connectivity index (χ0n) is 22.7. The second-order valence-electron chi connectivity index (χ2n) is 10.0. The molecule has 13 heteroatoms. The predicted molar refractivity (Wildman–Crippen MR) is 157 cm³/mol. The fourth-order valence-electron chi connectivity index (χ4n) is 4.76. The monoisotopic (exact) mass is 598 g/mol. The van der Waals surface area contributed by atoms with Crippen LogP contribution in [0.3, 0.4) is 0 Å². The van der Waals surface area contributed by atoms with Crippen LogP contribution >= 0.6 is 12.4 Å². The molecule has 0 unspecified atom stereocenters. The predicted octanol–water partition coefficient (Wildman–Crippen LogP) is 5.60. The van der Waals surface area contributed by atoms with E-state index in [0.29, 0.717) is 36.1 Å². The molecule has 0 radical (unpaired) electrons. The van der Waals surface area contributed by atoms with E-state index in [1.807, 2.05) is 11.8 Å². The quantitative estimate of drug-likeness (QED) is 0.251. The fourth-order valence-corrected chi connectivity index (χ4v) is 4.76. The number of hydrogen-bond donors (Lipinski definition) is 3. The molecule has 0 saturated carbocycles. The summed E-state index contributed by atoms with van der Waals surface area (Å²) in [6.07, 6.45) is 3.40. The van der Waals surface area contributed by atoms with Gasteiger partial charge in [0.1, 0.15) is 6.33 Å². The number of alkyl halides is 3. The summed E-state index contributed by atoms with van der Waals surface area (Å²) in [7, 11) is 0. The van der Waals surface area contributed by atoms with Crippen LogP contribution in [0, 0.1) is 6.92 Å². The van der Waals surface area contributed by atoms with Gasteiger partial charge in [-0.15, -0.1) is 12.4 Å². The number of anilines is 3. The van der Waals surface area contributed by atoms with Crippen molar-refractivity contribution in [3.05, 3.63) is 89.6 Å². The average molecular weight is 599 g/mol. The van der Waals surface area contributed by atoms with Crippen LogP contribution in [0.15, 0.2) is 67.4 Å². The first-order chi connectivity index (χ1) is 19.7. The molecule has 4 aromatic rings. The van der Waals surface area contributed by atoms with Gasteiger partial charge in [0, 0.05) is 60.2 Å². The third kappa shape index (κ3) is 7.58. The van der Waals surface area contributed by atoms with Crippen LogP contribution in [0.5, 0.6) is 0 Å². The van der Waals surface area contributed by atoms with Crippen molar-refractivity contribution in [3.63, 3.8) is 0 Å². The van der Waals surface area contributed by atoms with E-state index in [1.165, 1.54) is 18.5 Å². The van der Waals surface area contributed by atoms with E-state index >= 15 is 0 Å². The van der Waals surface area contributed by atoms with Crippen LogP contribution in [-0.4, -0.2) is 49.9 Å². The smallest absolute Gasteiger partial charge is 0.327 e. The molecule has 1 amide bonds. The molecule has 0 bridgehead atoms. The SMILES string of the molecule is Cc1ccc(NC(=O)c2ccc(CN3CCC[C@H](N)C3)c(C(F)(F)F)c2)cc1Nc1nccc(-c2cncnc2)n1.Cl. The summed E-state index contributed by atoms with van der Waals surface area (Å²) in [5.41, 5.74) is 8.42. The highest BCUT2D eigenvalue weighted by Gasteiger charge is 2.34. The Labute approximate surface area is 247 Å². The van der Waals surface area contributed by atoms with E-state index in [9.17, 15) is 18.0 Å². The molecule has 4 N–H and O–H groups in total. The maximum Gasteiger partial charge on any atom is 0.416 e. The molecular formula is C29H30ClF3N8O. The first kappa shape index (κ1) is 30.8. The summed E-state index contributed by atoms with van der Waals surface area (Å²) in [4.78, 5) is 31.7. The first-order valence-electron chi connectivity index (χ1n) is 13.1. The second kappa shape index (κ2) is 13.2. The van der Waals surface area contributed by atoms with Crippen molar-refractivity contribution in [3.8, 4) is 11.3 Å². The van der Waals surface area contributed by atoms with Gasteiger partial charge in [0.15, 0.2) is 0 Å². The molecule has 1 fully saturated rings. The lowest BCUT2D eigenvalue weighted by molar-refractivity contribution is -0.138. The zero-order valence-corrected chi connectivity index (χ0v) is 23.5. The van der Waals surface area contributed by atoms with Crippen molar-refractivity contribution in [2.24, 2.45) is 5.73 Å². The van der Waals surface area contributed by atoms with Gasteiger partial charge in [0.05, 0.1) is 11.3 Å². The molecule has 1 saturated heterocycles. The number of aryl methyl sites for hydroxylation is 1. The van der Waals surface area contributed by atoms with Crippen LogP contribution in [-0.2, 0) is 12.7 Å². The van der Waals surface area contributed by atoms with Crippen molar-refractivity contribution in [1.82, 2.24) is 24.8 Å². The number of likely N-dealkylation sites (tertiary alicyclic amines) is 1. The summed E-state index contributed by atoms with van der Waals surface area (Å²) in [6.45, 7) is 3.22. The zero-order chi connectivity index (χ0) is 29.0. The minimum absolute atomic E-state index is 0. The lowest BCUT2D eigenvalue weighted by Gasteiger charge is -2.31. The molecule has 220 valence electrons. The topological polar surface area (TPSA) is 122 Å². The molecule has 1 aliphatic heterocycles. The van der Waals surface area contributed by atoms with Gasteiger partial charge in [-0.05, 0) is 67.8 Å². The molecule has 1 atom stereocenters. The molecular weight excluding hydrogens is 569 g/mol. The molecule has 2 aromatic carbocycles. The van der Waals surface area contributed by atoms with Gasteiger partial charge in [-0.25, -0.2) is 19.9 Å². The standard InChI is InChI=1S/C29H29F3N8O.ClH/c1-18-4-7-23(12-26(18)39-28-36-9-8-25(38-28)21-13-34-17-35-14-21)37-27(41)19-5-6-20(24(11-19)29(30,31)32)15-40-10-2-3-22(33)16-40;/h4-9,11-14,17,22H,2-3,10,15-16,33H2,1H3,(H,37,41)(H,36,38,39);1H/t22-;/m0./s1. The Morgan fingerprint density at radius 3 is 2.64 bits per heavy atom. The first-order valence-corrected chi connectivity index (χ1v) is 13.1. The van der Waals surface area contributed by atoms with Crippen LogP contribution in [0.25, 0.3) is 11.3 Å². The van der Waals surface area contributed by atoms with E-state index in [1.54, 1.807) is 42.9 Å². The summed E-state index contributed by atoms with van der Waals surface area (Å²) >= 11 is 0. The summed E-state index contributed by atoms with van der Waals surface area (Å²) in [6, 6.07) is 10.5. The number of nitrogens with two attached hydrogens (primary N) is 1. The number of carbonyl (C=O) groups is 1. The van der Waals surface area contributed by atoms with Gasteiger partial charge in [-0.3, -0.25) is 9.69 Å². The highest BCUT2D eigenvalue weighted by molar-refractivity contribution is 6.04. The Morgan fingerprint density at radius 1 is 1.12 bits per heavy atom.